The molecule has 0 amide bonds. The SMILES string of the molecule is Cc1ccc(C)c(C(N)COC(C)(C)C)c1. The summed E-state index contributed by atoms with van der Waals surface area (Å²) >= 11 is 0. The number of hydrogen-bond acceptors (Lipinski definition) is 2. The van der Waals surface area contributed by atoms with Crippen LogP contribution in [0.2, 0.25) is 0 Å². The summed E-state index contributed by atoms with van der Waals surface area (Å²) in [4.78, 5) is 0. The zero-order valence-corrected chi connectivity index (χ0v) is 11.0. The second-order valence-electron chi connectivity index (χ2n) is 5.39. The molecule has 0 spiro atoms. The van der Waals surface area contributed by atoms with Crippen molar-refractivity contribution in [2.45, 2.75) is 46.3 Å². The van der Waals surface area contributed by atoms with Crippen LogP contribution in [0.3, 0.4) is 0 Å². The van der Waals surface area contributed by atoms with Gasteiger partial charge in [-0.3, -0.25) is 0 Å². The number of rotatable bonds is 3. The summed E-state index contributed by atoms with van der Waals surface area (Å²) in [6, 6.07) is 6.32. The molecule has 1 atom stereocenters. The molecule has 2 heteroatoms. The summed E-state index contributed by atoms with van der Waals surface area (Å²) in [6.45, 7) is 10.9. The lowest BCUT2D eigenvalue weighted by atomic mass is 10.00. The summed E-state index contributed by atoms with van der Waals surface area (Å²) < 4.78 is 5.72. The number of nitrogens with two attached hydrogens (primary N) is 1. The maximum absolute atomic E-state index is 6.15. The minimum atomic E-state index is -0.130. The van der Waals surface area contributed by atoms with Gasteiger partial charge in [-0.2, -0.15) is 0 Å². The molecule has 90 valence electrons. The normalized spacial score (nSPS) is 13.9. The Balaban J connectivity index is 2.73. The van der Waals surface area contributed by atoms with Crippen LogP contribution in [0.5, 0.6) is 0 Å². The standard InChI is InChI=1S/C14H23NO/c1-10-6-7-11(2)12(8-10)13(15)9-16-14(3,4)5/h6-8,13H,9,15H2,1-5H3. The molecule has 0 heterocycles. The van der Waals surface area contributed by atoms with E-state index in [0.29, 0.717) is 6.61 Å². The Morgan fingerprint density at radius 1 is 1.25 bits per heavy atom. The van der Waals surface area contributed by atoms with E-state index in [9.17, 15) is 0 Å². The third-order valence-corrected chi connectivity index (χ3v) is 2.53. The minimum absolute atomic E-state index is 0.0425. The number of benzene rings is 1. The Bertz CT molecular complexity index is 352. The van der Waals surface area contributed by atoms with E-state index in [0.717, 1.165) is 0 Å². The molecule has 16 heavy (non-hydrogen) atoms. The van der Waals surface area contributed by atoms with Crippen LogP contribution in [-0.2, 0) is 4.74 Å². The van der Waals surface area contributed by atoms with Gasteiger partial charge in [-0.25, -0.2) is 0 Å². The van der Waals surface area contributed by atoms with Gasteiger partial charge in [-0.05, 0) is 45.7 Å². The van der Waals surface area contributed by atoms with Gasteiger partial charge in [0.1, 0.15) is 0 Å². The van der Waals surface area contributed by atoms with Crippen molar-refractivity contribution in [1.29, 1.82) is 0 Å². The lowest BCUT2D eigenvalue weighted by Gasteiger charge is -2.23. The zero-order chi connectivity index (χ0) is 12.3. The van der Waals surface area contributed by atoms with E-state index in [4.69, 9.17) is 10.5 Å². The molecule has 1 rings (SSSR count). The lowest BCUT2D eigenvalue weighted by Crippen LogP contribution is -2.26. The molecule has 0 bridgehead atoms. The Morgan fingerprint density at radius 3 is 2.44 bits per heavy atom. The van der Waals surface area contributed by atoms with Crippen molar-refractivity contribution in [2.75, 3.05) is 6.61 Å². The van der Waals surface area contributed by atoms with Crippen LogP contribution in [0.4, 0.5) is 0 Å². The lowest BCUT2D eigenvalue weighted by molar-refractivity contribution is -0.0103. The number of aryl methyl sites for hydroxylation is 2. The van der Waals surface area contributed by atoms with E-state index in [1.807, 2.05) is 20.8 Å². The first kappa shape index (κ1) is 13.2. The van der Waals surface area contributed by atoms with Crippen molar-refractivity contribution in [3.8, 4) is 0 Å². The molecule has 0 aliphatic carbocycles. The predicted octanol–water partition coefficient (Wildman–Crippen LogP) is 3.12. The summed E-state index contributed by atoms with van der Waals surface area (Å²) in [5.74, 6) is 0. The monoisotopic (exact) mass is 221 g/mol. The third-order valence-electron chi connectivity index (χ3n) is 2.53. The molecule has 0 fully saturated rings. The smallest absolute Gasteiger partial charge is 0.0666 e. The highest BCUT2D eigenvalue weighted by Gasteiger charge is 2.15. The summed E-state index contributed by atoms with van der Waals surface area (Å²) in [5.41, 5.74) is 9.68. The van der Waals surface area contributed by atoms with Gasteiger partial charge in [0.05, 0.1) is 18.2 Å². The highest BCUT2D eigenvalue weighted by atomic mass is 16.5. The van der Waals surface area contributed by atoms with Crippen molar-refractivity contribution in [1.82, 2.24) is 0 Å². The van der Waals surface area contributed by atoms with Gasteiger partial charge in [0.15, 0.2) is 0 Å². The van der Waals surface area contributed by atoms with Crippen LogP contribution in [0.15, 0.2) is 18.2 Å². The Hall–Kier alpha value is -0.860. The quantitative estimate of drug-likeness (QED) is 0.851. The molecule has 2 nitrogen and oxygen atoms in total. The maximum Gasteiger partial charge on any atom is 0.0666 e. The Morgan fingerprint density at radius 2 is 1.88 bits per heavy atom. The van der Waals surface area contributed by atoms with E-state index in [1.165, 1.54) is 16.7 Å². The third kappa shape index (κ3) is 3.95. The van der Waals surface area contributed by atoms with E-state index in [-0.39, 0.29) is 11.6 Å². The van der Waals surface area contributed by atoms with Crippen molar-refractivity contribution in [3.05, 3.63) is 34.9 Å². The summed E-state index contributed by atoms with van der Waals surface area (Å²) in [6.07, 6.45) is 0. The van der Waals surface area contributed by atoms with Gasteiger partial charge in [-0.15, -0.1) is 0 Å². The van der Waals surface area contributed by atoms with Crippen LogP contribution in [-0.4, -0.2) is 12.2 Å². The molecule has 0 saturated carbocycles. The van der Waals surface area contributed by atoms with Gasteiger partial charge < -0.3 is 10.5 Å². The summed E-state index contributed by atoms with van der Waals surface area (Å²) in [7, 11) is 0. The molecule has 1 unspecified atom stereocenters. The fourth-order valence-electron chi connectivity index (χ4n) is 1.59. The number of ether oxygens (including phenoxy) is 1. The molecule has 0 saturated heterocycles. The molecule has 0 aliphatic heterocycles. The van der Waals surface area contributed by atoms with Gasteiger partial charge in [0.25, 0.3) is 0 Å². The Kier molecular flexibility index (Phi) is 4.11. The van der Waals surface area contributed by atoms with E-state index >= 15 is 0 Å². The van der Waals surface area contributed by atoms with Crippen molar-refractivity contribution in [2.24, 2.45) is 5.73 Å². The predicted molar refractivity (Wildman–Crippen MR) is 68.5 cm³/mol. The average Bonchev–Trinajstić information content (AvgIpc) is 2.17. The molecule has 1 aromatic carbocycles. The van der Waals surface area contributed by atoms with E-state index in [2.05, 4.69) is 32.0 Å². The molecule has 0 radical (unpaired) electrons. The topological polar surface area (TPSA) is 35.2 Å². The second kappa shape index (κ2) is 4.98. The highest BCUT2D eigenvalue weighted by Crippen LogP contribution is 2.19. The fourth-order valence-corrected chi connectivity index (χ4v) is 1.59. The van der Waals surface area contributed by atoms with Gasteiger partial charge in [0.2, 0.25) is 0 Å². The molecular formula is C14H23NO. The van der Waals surface area contributed by atoms with E-state index < -0.39 is 0 Å². The van der Waals surface area contributed by atoms with Crippen LogP contribution in [0.1, 0.15) is 43.5 Å². The molecule has 1 aromatic rings. The first-order valence-electron chi connectivity index (χ1n) is 5.76. The zero-order valence-electron chi connectivity index (χ0n) is 11.0. The second-order valence-corrected chi connectivity index (χ2v) is 5.39. The largest absolute Gasteiger partial charge is 0.374 e. The van der Waals surface area contributed by atoms with E-state index in [1.54, 1.807) is 0 Å². The molecular weight excluding hydrogens is 198 g/mol. The van der Waals surface area contributed by atoms with Gasteiger partial charge in [0, 0.05) is 0 Å². The Labute approximate surface area is 98.8 Å². The van der Waals surface area contributed by atoms with Crippen molar-refractivity contribution < 1.29 is 4.74 Å². The maximum atomic E-state index is 6.15. The fraction of sp³-hybridized carbons (Fsp3) is 0.571. The highest BCUT2D eigenvalue weighted by molar-refractivity contribution is 5.32. The molecule has 0 aromatic heterocycles. The first-order valence-corrected chi connectivity index (χ1v) is 5.76. The van der Waals surface area contributed by atoms with Crippen LogP contribution in [0, 0.1) is 13.8 Å². The minimum Gasteiger partial charge on any atom is -0.374 e. The van der Waals surface area contributed by atoms with Crippen molar-refractivity contribution >= 4 is 0 Å². The van der Waals surface area contributed by atoms with Crippen molar-refractivity contribution in [3.63, 3.8) is 0 Å². The summed E-state index contributed by atoms with van der Waals surface area (Å²) in [5, 5.41) is 0. The average molecular weight is 221 g/mol. The van der Waals surface area contributed by atoms with Crippen LogP contribution in [0.25, 0.3) is 0 Å². The van der Waals surface area contributed by atoms with Crippen LogP contribution >= 0.6 is 0 Å². The van der Waals surface area contributed by atoms with Gasteiger partial charge in [-0.1, -0.05) is 23.8 Å². The van der Waals surface area contributed by atoms with Gasteiger partial charge >= 0.3 is 0 Å². The van der Waals surface area contributed by atoms with Crippen LogP contribution < -0.4 is 5.73 Å². The molecule has 0 aliphatic rings. The number of hydrogen-bond donors (Lipinski definition) is 1. The molecule has 2 N–H and O–H groups in total. The first-order chi connectivity index (χ1) is 7.29.